The Labute approximate surface area is 89.0 Å². The Kier molecular flexibility index (Phi) is 3.67. The first-order valence-electron chi connectivity index (χ1n) is 4.20. The fourth-order valence-corrected chi connectivity index (χ4v) is 2.24. The van der Waals surface area contributed by atoms with Crippen molar-refractivity contribution in [2.45, 2.75) is 11.8 Å². The Bertz CT molecular complexity index is 441. The van der Waals surface area contributed by atoms with E-state index in [9.17, 15) is 8.42 Å². The first kappa shape index (κ1) is 12.0. The quantitative estimate of drug-likeness (QED) is 0.780. The summed E-state index contributed by atoms with van der Waals surface area (Å²) in [5.74, 6) is 0.615. The molecule has 1 N–H and O–H groups in total. The molecule has 0 aliphatic heterocycles. The number of benzene rings is 1. The highest BCUT2D eigenvalue weighted by atomic mass is 32.2. The Balaban J connectivity index is 3.16. The second-order valence-corrected chi connectivity index (χ2v) is 4.54. The predicted octanol–water partition coefficient (Wildman–Crippen LogP) is 0.843. The smallest absolute Gasteiger partial charge is 0.262 e. The van der Waals surface area contributed by atoms with Gasteiger partial charge in [0, 0.05) is 0 Å². The van der Waals surface area contributed by atoms with Gasteiger partial charge in [0.1, 0.15) is 5.75 Å². The first-order chi connectivity index (χ1) is 7.01. The molecule has 1 aromatic carbocycles. The third-order valence-corrected chi connectivity index (χ3v) is 3.29. The number of rotatable bonds is 4. The topological polar surface area (TPSA) is 64.6 Å². The van der Waals surface area contributed by atoms with Gasteiger partial charge in [-0.3, -0.25) is 4.84 Å². The van der Waals surface area contributed by atoms with Gasteiger partial charge in [-0.2, -0.15) is 0 Å². The van der Waals surface area contributed by atoms with E-state index < -0.39 is 10.0 Å². The van der Waals surface area contributed by atoms with Gasteiger partial charge in [-0.05, 0) is 30.7 Å². The minimum atomic E-state index is -3.59. The second-order valence-electron chi connectivity index (χ2n) is 2.92. The zero-order valence-corrected chi connectivity index (χ0v) is 9.59. The first-order valence-corrected chi connectivity index (χ1v) is 5.69. The van der Waals surface area contributed by atoms with Crippen LogP contribution < -0.4 is 9.62 Å². The number of ether oxygens (including phenoxy) is 1. The lowest BCUT2D eigenvalue weighted by molar-refractivity contribution is 0.153. The zero-order chi connectivity index (χ0) is 11.5. The Hall–Kier alpha value is -1.11. The van der Waals surface area contributed by atoms with Crippen LogP contribution in [-0.2, 0) is 14.9 Å². The van der Waals surface area contributed by atoms with E-state index in [1.54, 1.807) is 19.1 Å². The zero-order valence-electron chi connectivity index (χ0n) is 8.77. The number of nitrogens with one attached hydrogen (secondary N) is 1. The molecule has 0 spiro atoms. The summed E-state index contributed by atoms with van der Waals surface area (Å²) >= 11 is 0. The van der Waals surface area contributed by atoms with E-state index in [4.69, 9.17) is 4.74 Å². The average molecular weight is 231 g/mol. The van der Waals surface area contributed by atoms with Crippen molar-refractivity contribution >= 4 is 10.0 Å². The van der Waals surface area contributed by atoms with Gasteiger partial charge in [-0.1, -0.05) is 4.89 Å². The summed E-state index contributed by atoms with van der Waals surface area (Å²) in [7, 11) is -0.823. The molecule has 84 valence electrons. The third-order valence-electron chi connectivity index (χ3n) is 1.86. The van der Waals surface area contributed by atoms with Crippen molar-refractivity contribution in [2.75, 3.05) is 14.2 Å². The molecule has 0 saturated carbocycles. The van der Waals surface area contributed by atoms with E-state index in [-0.39, 0.29) is 4.90 Å². The van der Waals surface area contributed by atoms with Crippen LogP contribution in [0.3, 0.4) is 0 Å². The number of sulfonamides is 1. The molecule has 0 fully saturated rings. The molecule has 0 unspecified atom stereocenters. The molecule has 0 radical (unpaired) electrons. The molecule has 0 aliphatic rings. The minimum Gasteiger partial charge on any atom is -0.497 e. The van der Waals surface area contributed by atoms with Crippen molar-refractivity contribution in [1.82, 2.24) is 4.89 Å². The fraction of sp³-hybridized carbons (Fsp3) is 0.333. The Morgan fingerprint density at radius 2 is 1.93 bits per heavy atom. The van der Waals surface area contributed by atoms with Crippen LogP contribution in [0.5, 0.6) is 5.75 Å². The van der Waals surface area contributed by atoms with E-state index >= 15 is 0 Å². The van der Waals surface area contributed by atoms with Gasteiger partial charge in [0.15, 0.2) is 0 Å². The minimum absolute atomic E-state index is 0.171. The molecule has 1 aromatic rings. The van der Waals surface area contributed by atoms with Gasteiger partial charge in [-0.25, -0.2) is 8.42 Å². The van der Waals surface area contributed by atoms with Gasteiger partial charge in [0.2, 0.25) is 0 Å². The van der Waals surface area contributed by atoms with Crippen molar-refractivity contribution in [1.29, 1.82) is 0 Å². The molecule has 6 heteroatoms. The SMILES string of the molecule is CONS(=O)(=O)c1ccc(OC)cc1C. The lowest BCUT2D eigenvalue weighted by atomic mass is 10.2. The van der Waals surface area contributed by atoms with E-state index in [1.807, 2.05) is 4.89 Å². The van der Waals surface area contributed by atoms with Crippen molar-refractivity contribution in [2.24, 2.45) is 0 Å². The van der Waals surface area contributed by atoms with E-state index in [0.717, 1.165) is 0 Å². The maximum absolute atomic E-state index is 11.6. The van der Waals surface area contributed by atoms with E-state index in [2.05, 4.69) is 4.84 Å². The molecule has 1 rings (SSSR count). The van der Waals surface area contributed by atoms with Crippen LogP contribution >= 0.6 is 0 Å². The number of methoxy groups -OCH3 is 1. The summed E-state index contributed by atoms with van der Waals surface area (Å²) in [6, 6.07) is 4.69. The molecule has 0 bridgehead atoms. The van der Waals surface area contributed by atoms with Gasteiger partial charge in [0.25, 0.3) is 10.0 Å². The van der Waals surface area contributed by atoms with Gasteiger partial charge in [-0.15, -0.1) is 0 Å². The van der Waals surface area contributed by atoms with Crippen molar-refractivity contribution < 1.29 is 18.0 Å². The summed E-state index contributed by atoms with van der Waals surface area (Å²) in [5.41, 5.74) is 0.596. The molecule has 0 amide bonds. The van der Waals surface area contributed by atoms with Crippen LogP contribution in [-0.4, -0.2) is 22.6 Å². The molecule has 0 aromatic heterocycles. The maximum atomic E-state index is 11.6. The molecule has 0 heterocycles. The summed E-state index contributed by atoms with van der Waals surface area (Å²) in [6.45, 7) is 1.69. The fourth-order valence-electron chi connectivity index (χ4n) is 1.20. The highest BCUT2D eigenvalue weighted by molar-refractivity contribution is 7.89. The summed E-state index contributed by atoms with van der Waals surface area (Å²) in [4.78, 5) is 6.52. The van der Waals surface area contributed by atoms with Crippen LogP contribution in [0.2, 0.25) is 0 Å². The summed E-state index contributed by atoms with van der Waals surface area (Å²) in [5, 5.41) is 0. The lowest BCUT2D eigenvalue weighted by Crippen LogP contribution is -2.23. The predicted molar refractivity (Wildman–Crippen MR) is 55.1 cm³/mol. The highest BCUT2D eigenvalue weighted by Crippen LogP contribution is 2.20. The molecule has 0 aliphatic carbocycles. The Morgan fingerprint density at radius 1 is 1.27 bits per heavy atom. The van der Waals surface area contributed by atoms with Crippen molar-refractivity contribution in [3.63, 3.8) is 0 Å². The van der Waals surface area contributed by atoms with Crippen LogP contribution in [0.1, 0.15) is 5.56 Å². The monoisotopic (exact) mass is 231 g/mol. The van der Waals surface area contributed by atoms with Crippen molar-refractivity contribution in [3.05, 3.63) is 23.8 Å². The third kappa shape index (κ3) is 2.68. The summed E-state index contributed by atoms with van der Waals surface area (Å²) < 4.78 is 28.1. The van der Waals surface area contributed by atoms with Crippen LogP contribution in [0.15, 0.2) is 23.1 Å². The van der Waals surface area contributed by atoms with Crippen LogP contribution in [0, 0.1) is 6.92 Å². The standard InChI is InChI=1S/C9H13NO4S/c1-7-6-8(13-2)4-5-9(7)15(11,12)10-14-3/h4-6,10H,1-3H3. The highest BCUT2D eigenvalue weighted by Gasteiger charge is 2.16. The van der Waals surface area contributed by atoms with E-state index in [0.29, 0.717) is 11.3 Å². The maximum Gasteiger partial charge on any atom is 0.262 e. The van der Waals surface area contributed by atoms with Gasteiger partial charge < -0.3 is 4.74 Å². The van der Waals surface area contributed by atoms with Gasteiger partial charge in [0.05, 0.1) is 19.1 Å². The number of aryl methyl sites for hydroxylation is 1. The molecular weight excluding hydrogens is 218 g/mol. The van der Waals surface area contributed by atoms with E-state index in [1.165, 1.54) is 20.3 Å². The van der Waals surface area contributed by atoms with Crippen molar-refractivity contribution in [3.8, 4) is 5.75 Å². The summed E-state index contributed by atoms with van der Waals surface area (Å²) in [6.07, 6.45) is 0. The molecule has 15 heavy (non-hydrogen) atoms. The molecule has 0 saturated heterocycles. The normalized spacial score (nSPS) is 11.4. The second kappa shape index (κ2) is 4.61. The van der Waals surface area contributed by atoms with Crippen LogP contribution in [0.4, 0.5) is 0 Å². The molecule has 5 nitrogen and oxygen atoms in total. The van der Waals surface area contributed by atoms with Crippen LogP contribution in [0.25, 0.3) is 0 Å². The van der Waals surface area contributed by atoms with Gasteiger partial charge >= 0.3 is 0 Å². The molecule has 0 atom stereocenters. The number of hydrogen-bond donors (Lipinski definition) is 1. The average Bonchev–Trinajstić information content (AvgIpc) is 2.17. The molecular formula is C9H13NO4S. The Morgan fingerprint density at radius 3 is 2.40 bits per heavy atom. The largest absolute Gasteiger partial charge is 0.497 e. The lowest BCUT2D eigenvalue weighted by Gasteiger charge is -2.08. The number of hydrogen-bond acceptors (Lipinski definition) is 4.